The summed E-state index contributed by atoms with van der Waals surface area (Å²) in [4.78, 5) is 53.5. The predicted octanol–water partition coefficient (Wildman–Crippen LogP) is 3.62. The van der Waals surface area contributed by atoms with E-state index in [9.17, 15) is 19.2 Å². The van der Waals surface area contributed by atoms with Crippen LogP contribution in [0.25, 0.3) is 0 Å². The maximum atomic E-state index is 12.9. The van der Waals surface area contributed by atoms with Crippen LogP contribution in [0.2, 0.25) is 0 Å². The Hall–Kier alpha value is -4.26. The number of hydrogen-bond donors (Lipinski definition) is 0. The zero-order chi connectivity index (χ0) is 23.1. The van der Waals surface area contributed by atoms with Gasteiger partial charge in [0.1, 0.15) is 0 Å². The number of rotatable bonds is 4. The van der Waals surface area contributed by atoms with Gasteiger partial charge in [0.25, 0.3) is 17.7 Å². The number of esters is 1. The molecule has 3 amide bonds. The SMILES string of the molecule is C[C@@H](OC(=O)c1ccc(N2C(=O)c3ccccc3C2=O)cc1)C(=O)N1CCc2ccccc21. The van der Waals surface area contributed by atoms with Crippen LogP contribution in [-0.2, 0) is 16.0 Å². The van der Waals surface area contributed by atoms with E-state index in [1.807, 2.05) is 24.3 Å². The molecule has 7 heteroatoms. The third kappa shape index (κ3) is 3.47. The Labute approximate surface area is 190 Å². The first-order valence-corrected chi connectivity index (χ1v) is 10.6. The fourth-order valence-electron chi connectivity index (χ4n) is 4.24. The van der Waals surface area contributed by atoms with Crippen LogP contribution >= 0.6 is 0 Å². The summed E-state index contributed by atoms with van der Waals surface area (Å²) in [5.74, 6) is -1.75. The van der Waals surface area contributed by atoms with Gasteiger partial charge in [-0.25, -0.2) is 9.69 Å². The van der Waals surface area contributed by atoms with Gasteiger partial charge in [-0.15, -0.1) is 0 Å². The van der Waals surface area contributed by atoms with Crippen molar-refractivity contribution < 1.29 is 23.9 Å². The highest BCUT2D eigenvalue weighted by atomic mass is 16.5. The van der Waals surface area contributed by atoms with Gasteiger partial charge in [0.05, 0.1) is 22.4 Å². The normalized spacial score (nSPS) is 15.3. The summed E-state index contributed by atoms with van der Waals surface area (Å²) in [7, 11) is 0. The number of hydrogen-bond acceptors (Lipinski definition) is 5. The minimum atomic E-state index is -0.959. The lowest BCUT2D eigenvalue weighted by Gasteiger charge is -2.21. The Morgan fingerprint density at radius 3 is 2.12 bits per heavy atom. The lowest BCUT2D eigenvalue weighted by Crippen LogP contribution is -2.39. The molecule has 3 aromatic carbocycles. The molecular formula is C26H20N2O5. The van der Waals surface area contributed by atoms with Crippen molar-refractivity contribution in [1.82, 2.24) is 0 Å². The molecule has 0 radical (unpaired) electrons. The summed E-state index contributed by atoms with van der Waals surface area (Å²) >= 11 is 0. The number of fused-ring (bicyclic) bond motifs is 2. The Kier molecular flexibility index (Phi) is 5.01. The van der Waals surface area contributed by atoms with Crippen molar-refractivity contribution in [2.24, 2.45) is 0 Å². The van der Waals surface area contributed by atoms with Crippen molar-refractivity contribution >= 4 is 35.1 Å². The Morgan fingerprint density at radius 1 is 0.848 bits per heavy atom. The smallest absolute Gasteiger partial charge is 0.338 e. The van der Waals surface area contributed by atoms with Gasteiger partial charge in [0.2, 0.25) is 0 Å². The van der Waals surface area contributed by atoms with Crippen LogP contribution in [-0.4, -0.2) is 36.3 Å². The maximum absolute atomic E-state index is 12.9. The fourth-order valence-corrected chi connectivity index (χ4v) is 4.24. The van der Waals surface area contributed by atoms with E-state index in [1.165, 1.54) is 24.3 Å². The van der Waals surface area contributed by atoms with Gasteiger partial charge in [-0.1, -0.05) is 30.3 Å². The molecule has 5 rings (SSSR count). The number of benzene rings is 3. The van der Waals surface area contributed by atoms with Crippen LogP contribution in [0.15, 0.2) is 72.8 Å². The second-order valence-electron chi connectivity index (χ2n) is 7.95. The first kappa shape index (κ1) is 20.6. The summed E-state index contributed by atoms with van der Waals surface area (Å²) in [5, 5.41) is 0. The van der Waals surface area contributed by atoms with Crippen LogP contribution in [0.1, 0.15) is 43.6 Å². The molecule has 0 unspecified atom stereocenters. The summed E-state index contributed by atoms with van der Waals surface area (Å²) in [6, 6.07) is 20.3. The number of ether oxygens (including phenoxy) is 1. The minimum absolute atomic E-state index is 0.219. The van der Waals surface area contributed by atoms with E-state index >= 15 is 0 Å². The van der Waals surface area contributed by atoms with Crippen molar-refractivity contribution in [2.45, 2.75) is 19.4 Å². The van der Waals surface area contributed by atoms with Crippen molar-refractivity contribution in [1.29, 1.82) is 0 Å². The molecule has 0 aliphatic carbocycles. The number of carbonyl (C=O) groups excluding carboxylic acids is 4. The Bertz CT molecular complexity index is 1260. The highest BCUT2D eigenvalue weighted by molar-refractivity contribution is 6.34. The molecule has 3 aromatic rings. The molecule has 0 saturated carbocycles. The van der Waals surface area contributed by atoms with Gasteiger partial charge in [-0.05, 0) is 61.4 Å². The summed E-state index contributed by atoms with van der Waals surface area (Å²) in [5.41, 5.74) is 3.21. The first-order valence-electron chi connectivity index (χ1n) is 10.6. The van der Waals surface area contributed by atoms with E-state index in [-0.39, 0.29) is 11.5 Å². The van der Waals surface area contributed by atoms with Crippen molar-refractivity contribution in [3.63, 3.8) is 0 Å². The molecule has 1 atom stereocenters. The van der Waals surface area contributed by atoms with E-state index in [0.717, 1.165) is 22.6 Å². The number of anilines is 2. The van der Waals surface area contributed by atoms with Crippen LogP contribution in [0, 0.1) is 0 Å². The van der Waals surface area contributed by atoms with Crippen molar-refractivity contribution in [2.75, 3.05) is 16.3 Å². The predicted molar refractivity (Wildman–Crippen MR) is 121 cm³/mol. The molecule has 2 heterocycles. The third-order valence-corrected chi connectivity index (χ3v) is 5.94. The molecule has 0 N–H and O–H groups in total. The number of para-hydroxylation sites is 1. The van der Waals surface area contributed by atoms with E-state index in [1.54, 1.807) is 36.1 Å². The number of imide groups is 1. The fraction of sp³-hybridized carbons (Fsp3) is 0.154. The second kappa shape index (κ2) is 8.02. The monoisotopic (exact) mass is 440 g/mol. The van der Waals surface area contributed by atoms with Crippen molar-refractivity contribution in [3.8, 4) is 0 Å². The van der Waals surface area contributed by atoms with E-state index in [2.05, 4.69) is 0 Å². The number of carbonyl (C=O) groups is 4. The zero-order valence-electron chi connectivity index (χ0n) is 17.9. The van der Waals surface area contributed by atoms with Gasteiger partial charge < -0.3 is 9.64 Å². The highest BCUT2D eigenvalue weighted by Gasteiger charge is 2.36. The largest absolute Gasteiger partial charge is 0.449 e. The summed E-state index contributed by atoms with van der Waals surface area (Å²) in [6.45, 7) is 2.10. The first-order chi connectivity index (χ1) is 16.0. The van der Waals surface area contributed by atoms with Crippen LogP contribution < -0.4 is 9.80 Å². The van der Waals surface area contributed by atoms with E-state index < -0.39 is 23.9 Å². The Balaban J connectivity index is 1.27. The second-order valence-corrected chi connectivity index (χ2v) is 7.95. The average molecular weight is 440 g/mol. The molecule has 164 valence electrons. The maximum Gasteiger partial charge on any atom is 0.338 e. The molecule has 0 spiro atoms. The van der Waals surface area contributed by atoms with Crippen LogP contribution in [0.3, 0.4) is 0 Å². The molecule has 7 nitrogen and oxygen atoms in total. The lowest BCUT2D eigenvalue weighted by molar-refractivity contribution is -0.126. The van der Waals surface area contributed by atoms with Gasteiger partial charge >= 0.3 is 5.97 Å². The zero-order valence-corrected chi connectivity index (χ0v) is 17.9. The third-order valence-electron chi connectivity index (χ3n) is 5.94. The van der Waals surface area contributed by atoms with Crippen LogP contribution in [0.5, 0.6) is 0 Å². The van der Waals surface area contributed by atoms with Gasteiger partial charge in [0, 0.05) is 12.2 Å². The van der Waals surface area contributed by atoms with Crippen molar-refractivity contribution in [3.05, 3.63) is 95.1 Å². The van der Waals surface area contributed by atoms with Crippen LogP contribution in [0.4, 0.5) is 11.4 Å². The molecule has 0 bridgehead atoms. The number of amides is 3. The van der Waals surface area contributed by atoms with E-state index in [4.69, 9.17) is 4.74 Å². The van der Waals surface area contributed by atoms with E-state index in [0.29, 0.717) is 23.4 Å². The molecule has 0 saturated heterocycles. The molecule has 2 aliphatic rings. The topological polar surface area (TPSA) is 84.0 Å². The minimum Gasteiger partial charge on any atom is -0.449 e. The molecule has 33 heavy (non-hydrogen) atoms. The van der Waals surface area contributed by atoms with Gasteiger partial charge in [-0.3, -0.25) is 14.4 Å². The highest BCUT2D eigenvalue weighted by Crippen LogP contribution is 2.30. The quantitative estimate of drug-likeness (QED) is 0.457. The average Bonchev–Trinajstić information content (AvgIpc) is 3.38. The van der Waals surface area contributed by atoms with Gasteiger partial charge in [-0.2, -0.15) is 0 Å². The molecule has 0 aromatic heterocycles. The van der Waals surface area contributed by atoms with Gasteiger partial charge in [0.15, 0.2) is 6.10 Å². The standard InChI is InChI=1S/C26H20N2O5/c1-16(23(29)27-15-14-17-6-2-5-9-22(17)27)33-26(32)18-10-12-19(13-11-18)28-24(30)20-7-3-4-8-21(20)25(28)31/h2-13,16H,14-15H2,1H3/t16-/m1/s1. The number of nitrogens with zero attached hydrogens (tertiary/aromatic N) is 2. The lowest BCUT2D eigenvalue weighted by atomic mass is 10.1. The summed E-state index contributed by atoms with van der Waals surface area (Å²) < 4.78 is 5.41. The summed E-state index contributed by atoms with van der Waals surface area (Å²) in [6.07, 6.45) is -0.193. The Morgan fingerprint density at radius 2 is 1.45 bits per heavy atom. The molecular weight excluding hydrogens is 420 g/mol. The molecule has 0 fully saturated rings. The molecule has 2 aliphatic heterocycles.